The van der Waals surface area contributed by atoms with E-state index in [9.17, 15) is 0 Å². The number of benzene rings is 1. The minimum Gasteiger partial charge on any atom is -0.372 e. The smallest absolute Gasteiger partial charge is 0.0949 e. The summed E-state index contributed by atoms with van der Waals surface area (Å²) in [6.45, 7) is 1.30. The lowest BCUT2D eigenvalue weighted by Gasteiger charge is -2.18. The van der Waals surface area contributed by atoms with E-state index in [1.807, 2.05) is 18.3 Å². The van der Waals surface area contributed by atoms with Crippen molar-refractivity contribution in [2.24, 2.45) is 5.73 Å². The highest BCUT2D eigenvalue weighted by Crippen LogP contribution is 2.32. The van der Waals surface area contributed by atoms with Crippen molar-refractivity contribution in [2.45, 2.75) is 18.9 Å². The highest BCUT2D eigenvalue weighted by Gasteiger charge is 2.20. The largest absolute Gasteiger partial charge is 0.372 e. The predicted molar refractivity (Wildman–Crippen MR) is 83.0 cm³/mol. The topological polar surface area (TPSA) is 48.1 Å². The van der Waals surface area contributed by atoms with Gasteiger partial charge in [-0.3, -0.25) is 4.98 Å². The monoisotopic (exact) mass is 290 g/mol. The van der Waals surface area contributed by atoms with E-state index >= 15 is 0 Å². The van der Waals surface area contributed by atoms with E-state index in [2.05, 4.69) is 29.2 Å². The van der Waals surface area contributed by atoms with Crippen molar-refractivity contribution in [3.63, 3.8) is 0 Å². The Hall–Kier alpha value is -1.42. The van der Waals surface area contributed by atoms with E-state index < -0.39 is 0 Å². The molecule has 0 saturated carbocycles. The SMILES string of the molecule is Cl.NC[C@@H]1OCCCc2c(-c3ccccn3)cccc21. The predicted octanol–water partition coefficient (Wildman–Crippen LogP) is 3.13. The Balaban J connectivity index is 0.00000147. The third kappa shape index (κ3) is 2.85. The summed E-state index contributed by atoms with van der Waals surface area (Å²) in [4.78, 5) is 4.47. The van der Waals surface area contributed by atoms with Gasteiger partial charge in [0.1, 0.15) is 0 Å². The summed E-state index contributed by atoms with van der Waals surface area (Å²) >= 11 is 0. The first-order valence-corrected chi connectivity index (χ1v) is 6.75. The Morgan fingerprint density at radius 1 is 1.20 bits per heavy atom. The van der Waals surface area contributed by atoms with Crippen molar-refractivity contribution >= 4 is 12.4 Å². The number of fused-ring (bicyclic) bond motifs is 1. The molecule has 0 spiro atoms. The lowest BCUT2D eigenvalue weighted by atomic mass is 9.93. The molecule has 0 radical (unpaired) electrons. The molecule has 0 fully saturated rings. The molecule has 1 atom stereocenters. The molecule has 2 N–H and O–H groups in total. The standard InChI is InChI=1S/C16H18N2O.ClH/c17-11-16-14-6-3-5-13(12(14)7-4-10-19-16)15-8-1-2-9-18-15;/h1-3,5-6,8-9,16H,4,7,10-11,17H2;1H/t16-;/m0./s1. The fraction of sp³-hybridized carbons (Fsp3) is 0.312. The van der Waals surface area contributed by atoms with E-state index in [-0.39, 0.29) is 18.5 Å². The number of aromatic nitrogens is 1. The van der Waals surface area contributed by atoms with Gasteiger partial charge in [0, 0.05) is 24.9 Å². The molecule has 2 heterocycles. The maximum atomic E-state index is 5.84. The average Bonchev–Trinajstić information content (AvgIpc) is 2.69. The minimum atomic E-state index is 0. The van der Waals surface area contributed by atoms with Crippen LogP contribution in [0.3, 0.4) is 0 Å². The molecule has 20 heavy (non-hydrogen) atoms. The Morgan fingerprint density at radius 3 is 2.85 bits per heavy atom. The molecule has 0 aliphatic carbocycles. The highest BCUT2D eigenvalue weighted by molar-refractivity contribution is 5.85. The average molecular weight is 291 g/mol. The maximum absolute atomic E-state index is 5.84. The molecule has 1 aromatic heterocycles. The van der Waals surface area contributed by atoms with Gasteiger partial charge in [0.05, 0.1) is 11.8 Å². The third-order valence-corrected chi connectivity index (χ3v) is 3.60. The summed E-state index contributed by atoms with van der Waals surface area (Å²) in [5.74, 6) is 0. The molecular formula is C16H19ClN2O. The van der Waals surface area contributed by atoms with Gasteiger partial charge in [0.2, 0.25) is 0 Å². The van der Waals surface area contributed by atoms with E-state index in [1.165, 1.54) is 16.7 Å². The summed E-state index contributed by atoms with van der Waals surface area (Å²) < 4.78 is 5.82. The number of nitrogens with zero attached hydrogens (tertiary/aromatic N) is 1. The number of hydrogen-bond donors (Lipinski definition) is 1. The molecular weight excluding hydrogens is 272 g/mol. The Morgan fingerprint density at radius 2 is 2.10 bits per heavy atom. The first-order valence-electron chi connectivity index (χ1n) is 6.75. The number of pyridine rings is 1. The van der Waals surface area contributed by atoms with Gasteiger partial charge in [-0.15, -0.1) is 12.4 Å². The number of nitrogens with two attached hydrogens (primary N) is 1. The normalized spacial score (nSPS) is 17.8. The first kappa shape index (κ1) is 15.0. The van der Waals surface area contributed by atoms with Crippen LogP contribution in [0.4, 0.5) is 0 Å². The van der Waals surface area contributed by atoms with Crippen LogP contribution in [0.15, 0.2) is 42.6 Å². The van der Waals surface area contributed by atoms with E-state index in [4.69, 9.17) is 10.5 Å². The van der Waals surface area contributed by atoms with Gasteiger partial charge >= 0.3 is 0 Å². The second-order valence-electron chi connectivity index (χ2n) is 4.79. The van der Waals surface area contributed by atoms with Crippen LogP contribution < -0.4 is 5.73 Å². The van der Waals surface area contributed by atoms with Crippen LogP contribution in [0, 0.1) is 0 Å². The van der Waals surface area contributed by atoms with Crippen molar-refractivity contribution in [3.8, 4) is 11.3 Å². The van der Waals surface area contributed by atoms with Gasteiger partial charge in [-0.05, 0) is 36.1 Å². The molecule has 3 rings (SSSR count). The third-order valence-electron chi connectivity index (χ3n) is 3.60. The molecule has 0 amide bonds. The molecule has 1 aliphatic heterocycles. The van der Waals surface area contributed by atoms with Crippen molar-refractivity contribution in [2.75, 3.05) is 13.2 Å². The lowest BCUT2D eigenvalue weighted by Crippen LogP contribution is -2.16. The molecule has 0 unspecified atom stereocenters. The molecule has 106 valence electrons. The highest BCUT2D eigenvalue weighted by atomic mass is 35.5. The number of halogens is 1. The second kappa shape index (κ2) is 6.84. The lowest BCUT2D eigenvalue weighted by molar-refractivity contribution is 0.0627. The first-order chi connectivity index (χ1) is 9.40. The minimum absolute atomic E-state index is 0. The van der Waals surface area contributed by atoms with Crippen LogP contribution >= 0.6 is 12.4 Å². The van der Waals surface area contributed by atoms with Crippen LogP contribution in [0.2, 0.25) is 0 Å². The van der Waals surface area contributed by atoms with E-state index in [1.54, 1.807) is 0 Å². The van der Waals surface area contributed by atoms with Crippen LogP contribution in [-0.2, 0) is 11.2 Å². The Labute approximate surface area is 125 Å². The zero-order chi connectivity index (χ0) is 13.1. The second-order valence-corrected chi connectivity index (χ2v) is 4.79. The molecule has 1 aromatic carbocycles. The number of hydrogen-bond acceptors (Lipinski definition) is 3. The summed E-state index contributed by atoms with van der Waals surface area (Å²) in [5, 5.41) is 0. The summed E-state index contributed by atoms with van der Waals surface area (Å²) in [6, 6.07) is 12.4. The molecule has 0 saturated heterocycles. The molecule has 0 bridgehead atoms. The quantitative estimate of drug-likeness (QED) is 0.924. The van der Waals surface area contributed by atoms with Gasteiger partial charge in [0.15, 0.2) is 0 Å². The van der Waals surface area contributed by atoms with Gasteiger partial charge in [-0.2, -0.15) is 0 Å². The molecule has 1 aliphatic rings. The zero-order valence-electron chi connectivity index (χ0n) is 11.3. The van der Waals surface area contributed by atoms with Gasteiger partial charge in [0.25, 0.3) is 0 Å². The van der Waals surface area contributed by atoms with E-state index in [0.29, 0.717) is 6.54 Å². The van der Waals surface area contributed by atoms with Crippen molar-refractivity contribution in [1.29, 1.82) is 0 Å². The summed E-state index contributed by atoms with van der Waals surface area (Å²) in [7, 11) is 0. The number of rotatable bonds is 2. The summed E-state index contributed by atoms with van der Waals surface area (Å²) in [6.07, 6.45) is 3.91. The van der Waals surface area contributed by atoms with E-state index in [0.717, 1.165) is 25.1 Å². The molecule has 3 nitrogen and oxygen atoms in total. The van der Waals surface area contributed by atoms with Crippen LogP contribution in [-0.4, -0.2) is 18.1 Å². The Kier molecular flexibility index (Phi) is 5.12. The number of ether oxygens (including phenoxy) is 1. The molecule has 4 heteroatoms. The van der Waals surface area contributed by atoms with Crippen molar-refractivity contribution in [1.82, 2.24) is 4.98 Å². The van der Waals surface area contributed by atoms with Crippen LogP contribution in [0.25, 0.3) is 11.3 Å². The van der Waals surface area contributed by atoms with Gasteiger partial charge in [-0.25, -0.2) is 0 Å². The van der Waals surface area contributed by atoms with Crippen molar-refractivity contribution in [3.05, 3.63) is 53.7 Å². The van der Waals surface area contributed by atoms with Crippen molar-refractivity contribution < 1.29 is 4.74 Å². The summed E-state index contributed by atoms with van der Waals surface area (Å²) in [5.41, 5.74) is 10.6. The van der Waals surface area contributed by atoms with Crippen LogP contribution in [0.5, 0.6) is 0 Å². The fourth-order valence-corrected chi connectivity index (χ4v) is 2.71. The zero-order valence-corrected chi connectivity index (χ0v) is 12.1. The van der Waals surface area contributed by atoms with Crippen LogP contribution in [0.1, 0.15) is 23.7 Å². The molecule has 2 aromatic rings. The Bertz CT molecular complexity index is 560. The fourth-order valence-electron chi connectivity index (χ4n) is 2.71. The van der Waals surface area contributed by atoms with Gasteiger partial charge < -0.3 is 10.5 Å². The van der Waals surface area contributed by atoms with Gasteiger partial charge in [-0.1, -0.05) is 24.3 Å². The maximum Gasteiger partial charge on any atom is 0.0949 e.